The average molecular weight is 342 g/mol. The van der Waals surface area contributed by atoms with Gasteiger partial charge in [-0.3, -0.25) is 4.99 Å². The smallest absolute Gasteiger partial charge is 0.214 e. The van der Waals surface area contributed by atoms with Crippen LogP contribution in [0.4, 0.5) is 0 Å². The number of aryl methyl sites for hydroxylation is 2. The molecule has 25 heavy (non-hydrogen) atoms. The summed E-state index contributed by atoms with van der Waals surface area (Å²) in [6.45, 7) is 11.0. The van der Waals surface area contributed by atoms with Crippen molar-refractivity contribution in [3.05, 3.63) is 52.7 Å². The number of aromatic nitrogens is 1. The fourth-order valence-electron chi connectivity index (χ4n) is 2.67. The summed E-state index contributed by atoms with van der Waals surface area (Å²) in [5.41, 5.74) is 3.54. The van der Waals surface area contributed by atoms with Crippen molar-refractivity contribution in [1.29, 1.82) is 0 Å². The van der Waals surface area contributed by atoms with Gasteiger partial charge in [0, 0.05) is 7.05 Å². The van der Waals surface area contributed by atoms with E-state index in [1.165, 1.54) is 11.1 Å². The summed E-state index contributed by atoms with van der Waals surface area (Å²) in [6, 6.07) is 8.95. The molecule has 0 aliphatic carbocycles. The van der Waals surface area contributed by atoms with Crippen molar-refractivity contribution < 1.29 is 4.42 Å². The minimum atomic E-state index is 0.160. The molecule has 2 rings (SSSR count). The summed E-state index contributed by atoms with van der Waals surface area (Å²) in [6.07, 6.45) is 1.11. The molecule has 0 aliphatic heterocycles. The Morgan fingerprint density at radius 3 is 2.36 bits per heavy atom. The second-order valence-electron chi connectivity index (χ2n) is 6.88. The quantitative estimate of drug-likeness (QED) is 0.617. The summed E-state index contributed by atoms with van der Waals surface area (Å²) in [7, 11) is 1.76. The third-order valence-electron chi connectivity index (χ3n) is 4.18. The molecule has 0 radical (unpaired) electrons. The zero-order valence-electron chi connectivity index (χ0n) is 16.2. The summed E-state index contributed by atoms with van der Waals surface area (Å²) in [5.74, 6) is 2.93. The van der Waals surface area contributed by atoms with E-state index in [1.807, 2.05) is 13.8 Å². The van der Waals surface area contributed by atoms with Gasteiger partial charge in [-0.2, -0.15) is 0 Å². The topological polar surface area (TPSA) is 62.5 Å². The third kappa shape index (κ3) is 5.62. The molecule has 0 saturated heterocycles. The minimum absolute atomic E-state index is 0.160. The molecule has 2 aromatic rings. The van der Waals surface area contributed by atoms with Crippen LogP contribution in [0.1, 0.15) is 55.3 Å². The summed E-state index contributed by atoms with van der Waals surface area (Å²) in [5, 5.41) is 6.65. The monoisotopic (exact) mass is 342 g/mol. The molecule has 0 amide bonds. The molecular formula is C20H30N4O. The number of hydrogen-bond donors (Lipinski definition) is 2. The highest BCUT2D eigenvalue weighted by Gasteiger charge is 2.10. The van der Waals surface area contributed by atoms with E-state index in [2.05, 4.69) is 65.6 Å². The Bertz CT molecular complexity index is 681. The third-order valence-corrected chi connectivity index (χ3v) is 4.18. The van der Waals surface area contributed by atoms with Crippen LogP contribution in [0.15, 0.2) is 33.7 Å². The highest BCUT2D eigenvalue weighted by molar-refractivity contribution is 5.80. The van der Waals surface area contributed by atoms with Crippen LogP contribution in [0.3, 0.4) is 0 Å². The lowest BCUT2D eigenvalue weighted by atomic mass is 10.00. The second kappa shape index (κ2) is 8.70. The van der Waals surface area contributed by atoms with Gasteiger partial charge in [0.15, 0.2) is 5.96 Å². The normalized spacial score (nSPS) is 13.2. The fraction of sp³-hybridized carbons (Fsp3) is 0.500. The lowest BCUT2D eigenvalue weighted by Gasteiger charge is -2.18. The van der Waals surface area contributed by atoms with Gasteiger partial charge in [0.2, 0.25) is 5.89 Å². The SMILES string of the molecule is CN=C(NCc1nc(C)c(C)o1)NC(C)c1ccc(CC(C)C)cc1. The standard InChI is InChI=1S/C20H30N4O/c1-13(2)11-17-7-9-18(10-8-17)15(4)24-20(21-6)22-12-19-23-14(3)16(5)25-19/h7-10,13,15H,11-12H2,1-6H3,(H2,21,22,24). The number of nitrogens with one attached hydrogen (secondary N) is 2. The lowest BCUT2D eigenvalue weighted by molar-refractivity contribution is 0.463. The zero-order chi connectivity index (χ0) is 18.4. The van der Waals surface area contributed by atoms with Crippen LogP contribution in [-0.4, -0.2) is 18.0 Å². The summed E-state index contributed by atoms with van der Waals surface area (Å²) < 4.78 is 5.59. The first-order valence-corrected chi connectivity index (χ1v) is 8.88. The molecule has 5 heteroatoms. The van der Waals surface area contributed by atoms with Crippen LogP contribution in [0.25, 0.3) is 0 Å². The van der Waals surface area contributed by atoms with Gasteiger partial charge < -0.3 is 15.1 Å². The van der Waals surface area contributed by atoms with E-state index < -0.39 is 0 Å². The van der Waals surface area contributed by atoms with E-state index in [0.717, 1.165) is 23.8 Å². The van der Waals surface area contributed by atoms with Crippen molar-refractivity contribution in [2.24, 2.45) is 10.9 Å². The summed E-state index contributed by atoms with van der Waals surface area (Å²) in [4.78, 5) is 8.65. The number of guanidine groups is 1. The maximum atomic E-state index is 5.59. The molecule has 0 fully saturated rings. The Balaban J connectivity index is 1.91. The van der Waals surface area contributed by atoms with Gasteiger partial charge >= 0.3 is 0 Å². The van der Waals surface area contributed by atoms with Crippen LogP contribution in [0.2, 0.25) is 0 Å². The van der Waals surface area contributed by atoms with Crippen molar-refractivity contribution in [2.45, 2.75) is 53.6 Å². The van der Waals surface area contributed by atoms with Crippen molar-refractivity contribution in [3.63, 3.8) is 0 Å². The Morgan fingerprint density at radius 2 is 1.84 bits per heavy atom. The first kappa shape index (κ1) is 19.0. The molecule has 1 aromatic heterocycles. The number of benzene rings is 1. The molecule has 1 unspecified atom stereocenters. The van der Waals surface area contributed by atoms with E-state index in [9.17, 15) is 0 Å². The largest absolute Gasteiger partial charge is 0.444 e. The molecule has 0 saturated carbocycles. The first-order chi connectivity index (χ1) is 11.9. The zero-order valence-corrected chi connectivity index (χ0v) is 16.2. The predicted molar refractivity (Wildman–Crippen MR) is 103 cm³/mol. The van der Waals surface area contributed by atoms with E-state index in [-0.39, 0.29) is 6.04 Å². The van der Waals surface area contributed by atoms with Gasteiger partial charge in [0.25, 0.3) is 0 Å². The Morgan fingerprint density at radius 1 is 1.16 bits per heavy atom. The maximum absolute atomic E-state index is 5.59. The van der Waals surface area contributed by atoms with Gasteiger partial charge in [-0.1, -0.05) is 38.1 Å². The lowest BCUT2D eigenvalue weighted by Crippen LogP contribution is -2.38. The highest BCUT2D eigenvalue weighted by Crippen LogP contribution is 2.15. The van der Waals surface area contributed by atoms with Gasteiger partial charge in [0.1, 0.15) is 5.76 Å². The van der Waals surface area contributed by atoms with Crippen molar-refractivity contribution in [3.8, 4) is 0 Å². The molecule has 1 heterocycles. The minimum Gasteiger partial charge on any atom is -0.444 e. The van der Waals surface area contributed by atoms with Crippen molar-refractivity contribution in [2.75, 3.05) is 7.05 Å². The van der Waals surface area contributed by atoms with Gasteiger partial charge in [0.05, 0.1) is 18.3 Å². The predicted octanol–water partition coefficient (Wildman–Crippen LogP) is 3.92. The second-order valence-corrected chi connectivity index (χ2v) is 6.88. The van der Waals surface area contributed by atoms with Crippen molar-refractivity contribution in [1.82, 2.24) is 15.6 Å². The fourth-order valence-corrected chi connectivity index (χ4v) is 2.67. The number of hydrogen-bond acceptors (Lipinski definition) is 3. The van der Waals surface area contributed by atoms with E-state index in [4.69, 9.17) is 4.42 Å². The average Bonchev–Trinajstić information content (AvgIpc) is 2.89. The molecule has 1 atom stereocenters. The van der Waals surface area contributed by atoms with Crippen molar-refractivity contribution >= 4 is 5.96 Å². The molecule has 1 aromatic carbocycles. The molecule has 0 spiro atoms. The van der Waals surface area contributed by atoms with Gasteiger partial charge in [-0.25, -0.2) is 4.98 Å². The van der Waals surface area contributed by atoms with Crippen LogP contribution in [0.5, 0.6) is 0 Å². The molecule has 0 aliphatic rings. The Hall–Kier alpha value is -2.30. The molecule has 5 nitrogen and oxygen atoms in total. The Labute approximate surface area is 151 Å². The molecule has 2 N–H and O–H groups in total. The highest BCUT2D eigenvalue weighted by atomic mass is 16.4. The van der Waals surface area contributed by atoms with Gasteiger partial charge in [-0.15, -0.1) is 0 Å². The van der Waals surface area contributed by atoms with Crippen LogP contribution in [-0.2, 0) is 13.0 Å². The summed E-state index contributed by atoms with van der Waals surface area (Å²) >= 11 is 0. The molecule has 136 valence electrons. The number of rotatable bonds is 6. The van der Waals surface area contributed by atoms with E-state index in [1.54, 1.807) is 7.05 Å². The van der Waals surface area contributed by atoms with Crippen LogP contribution < -0.4 is 10.6 Å². The van der Waals surface area contributed by atoms with E-state index in [0.29, 0.717) is 18.4 Å². The van der Waals surface area contributed by atoms with Crippen LogP contribution in [0, 0.1) is 19.8 Å². The Kier molecular flexibility index (Phi) is 6.62. The first-order valence-electron chi connectivity index (χ1n) is 8.88. The van der Waals surface area contributed by atoms with Gasteiger partial charge in [-0.05, 0) is 44.2 Å². The number of oxazole rings is 1. The number of aliphatic imine (C=N–C) groups is 1. The van der Waals surface area contributed by atoms with Crippen LogP contribution >= 0.6 is 0 Å². The van der Waals surface area contributed by atoms with E-state index >= 15 is 0 Å². The maximum Gasteiger partial charge on any atom is 0.214 e. The molecular weight excluding hydrogens is 312 g/mol. The number of nitrogens with zero attached hydrogens (tertiary/aromatic N) is 2. The molecule has 0 bridgehead atoms.